The number of fused-ring (bicyclic) bond motifs is 2. The first-order chi connectivity index (χ1) is 14.1. The first kappa shape index (κ1) is 18.2. The number of hydrogen-bond donors (Lipinski definition) is 1. The minimum Gasteiger partial charge on any atom is -0.378 e. The number of nitrogens with zero attached hydrogens (tertiary/aromatic N) is 3. The Labute approximate surface area is 172 Å². The third-order valence-corrected chi connectivity index (χ3v) is 6.33. The lowest BCUT2D eigenvalue weighted by Gasteiger charge is -2.35. The number of pyridine rings is 1. The Hall–Kier alpha value is -2.84. The van der Waals surface area contributed by atoms with Crippen LogP contribution in [0.25, 0.3) is 12.2 Å². The highest BCUT2D eigenvalue weighted by atomic mass is 32.1. The van der Waals surface area contributed by atoms with Gasteiger partial charge in [0.15, 0.2) is 0 Å². The van der Waals surface area contributed by atoms with Crippen LogP contribution in [0.1, 0.15) is 29.7 Å². The molecule has 0 aliphatic carbocycles. The molecule has 2 aromatic heterocycles. The quantitative estimate of drug-likeness (QED) is 0.789. The van der Waals surface area contributed by atoms with Crippen LogP contribution in [-0.4, -0.2) is 53.0 Å². The summed E-state index contributed by atoms with van der Waals surface area (Å²) in [7, 11) is 0. The number of likely N-dealkylation sites (tertiary alicyclic amines) is 1. The fraction of sp³-hybridized carbons (Fsp3) is 0.333. The predicted octanol–water partition coefficient (Wildman–Crippen LogP) is 2.48. The van der Waals surface area contributed by atoms with Gasteiger partial charge in [0.25, 0.3) is 0 Å². The van der Waals surface area contributed by atoms with E-state index in [1.807, 2.05) is 21.9 Å². The molecule has 7 nitrogen and oxygen atoms in total. The second-order valence-corrected chi connectivity index (χ2v) is 8.29. The first-order valence-electron chi connectivity index (χ1n) is 9.58. The molecule has 2 amide bonds. The zero-order valence-corrected chi connectivity index (χ0v) is 16.6. The number of nitrogens with one attached hydrogen (secondary N) is 1. The van der Waals surface area contributed by atoms with Crippen molar-refractivity contribution in [3.63, 3.8) is 0 Å². The van der Waals surface area contributed by atoms with Crippen molar-refractivity contribution in [2.45, 2.75) is 18.3 Å². The molecule has 5 heterocycles. The summed E-state index contributed by atoms with van der Waals surface area (Å²) in [5.41, 5.74) is 5.21. The van der Waals surface area contributed by atoms with Crippen molar-refractivity contribution in [2.75, 3.05) is 31.6 Å². The van der Waals surface area contributed by atoms with E-state index in [0.717, 1.165) is 29.7 Å². The van der Waals surface area contributed by atoms with Crippen molar-refractivity contribution in [1.82, 2.24) is 14.9 Å². The van der Waals surface area contributed by atoms with E-state index in [9.17, 15) is 9.59 Å². The number of carbonyl (C=O) groups is 2. The second kappa shape index (κ2) is 7.20. The summed E-state index contributed by atoms with van der Waals surface area (Å²) < 4.78 is 5.27. The molecule has 2 saturated heterocycles. The Morgan fingerprint density at radius 3 is 2.79 bits per heavy atom. The molecule has 0 unspecified atom stereocenters. The van der Waals surface area contributed by atoms with Gasteiger partial charge >= 0.3 is 0 Å². The maximum absolute atomic E-state index is 12.6. The summed E-state index contributed by atoms with van der Waals surface area (Å²) in [5, 5.41) is 4.84. The maximum Gasteiger partial charge on any atom is 0.246 e. The molecule has 0 bridgehead atoms. The molecule has 29 heavy (non-hydrogen) atoms. The molecule has 5 rings (SSSR count). The van der Waals surface area contributed by atoms with Gasteiger partial charge in [0.1, 0.15) is 11.2 Å². The number of rotatable bonds is 3. The zero-order chi connectivity index (χ0) is 19.8. The van der Waals surface area contributed by atoms with Crippen molar-refractivity contribution in [2.24, 2.45) is 0 Å². The molecule has 2 fully saturated rings. The van der Waals surface area contributed by atoms with Crippen molar-refractivity contribution < 1.29 is 14.3 Å². The number of aromatic nitrogens is 2. The first-order valence-corrected chi connectivity index (χ1v) is 10.5. The smallest absolute Gasteiger partial charge is 0.246 e. The van der Waals surface area contributed by atoms with Crippen LogP contribution in [0.15, 0.2) is 34.8 Å². The minimum atomic E-state index is -0.608. The second-order valence-electron chi connectivity index (χ2n) is 7.57. The Morgan fingerprint density at radius 1 is 1.28 bits per heavy atom. The van der Waals surface area contributed by atoms with Gasteiger partial charge in [-0.05, 0) is 36.6 Å². The van der Waals surface area contributed by atoms with Gasteiger partial charge in [-0.15, -0.1) is 11.3 Å². The number of carbonyl (C=O) groups excluding carboxylic acids is 2. The van der Waals surface area contributed by atoms with E-state index >= 15 is 0 Å². The molecule has 2 aromatic rings. The SMILES string of the molecule is O=C(C=Cc1cnc2c(c1)C1(COC1)C(=O)N2)N1CCC(=Cc2cscn2)CC1. The monoisotopic (exact) mass is 408 g/mol. The average molecular weight is 408 g/mol. The van der Waals surface area contributed by atoms with Gasteiger partial charge in [-0.25, -0.2) is 9.97 Å². The topological polar surface area (TPSA) is 84.4 Å². The van der Waals surface area contributed by atoms with E-state index < -0.39 is 5.41 Å². The summed E-state index contributed by atoms with van der Waals surface area (Å²) in [6.07, 6.45) is 8.90. The molecule has 0 radical (unpaired) electrons. The van der Waals surface area contributed by atoms with Crippen LogP contribution >= 0.6 is 11.3 Å². The molecule has 1 N–H and O–H groups in total. The molecule has 3 aliphatic heterocycles. The van der Waals surface area contributed by atoms with Crippen LogP contribution in [-0.2, 0) is 19.7 Å². The maximum atomic E-state index is 12.6. The van der Waals surface area contributed by atoms with Gasteiger partial charge in [-0.1, -0.05) is 5.57 Å². The van der Waals surface area contributed by atoms with Crippen molar-refractivity contribution in [1.29, 1.82) is 0 Å². The number of piperidine rings is 1. The Bertz CT molecular complexity index is 1010. The predicted molar refractivity (Wildman–Crippen MR) is 110 cm³/mol. The van der Waals surface area contributed by atoms with E-state index in [-0.39, 0.29) is 11.8 Å². The number of anilines is 1. The highest BCUT2D eigenvalue weighted by molar-refractivity contribution is 7.07. The van der Waals surface area contributed by atoms with Gasteiger partial charge in [-0.2, -0.15) is 0 Å². The standard InChI is InChI=1S/C21H20N4O3S/c26-18(25-5-3-14(4-6-25)7-16-10-29-13-23-16)2-1-15-8-17-19(22-9-15)24-20(27)21(17)11-28-12-21/h1-2,7-10,13H,3-6,11-12H2,(H,22,24,27). The van der Waals surface area contributed by atoms with Crippen LogP contribution in [0.5, 0.6) is 0 Å². The molecule has 0 atom stereocenters. The van der Waals surface area contributed by atoms with Crippen LogP contribution in [0.4, 0.5) is 5.82 Å². The van der Waals surface area contributed by atoms with Gasteiger partial charge in [0.2, 0.25) is 11.8 Å². The van der Waals surface area contributed by atoms with E-state index in [2.05, 4.69) is 21.4 Å². The summed E-state index contributed by atoms with van der Waals surface area (Å²) in [6, 6.07) is 1.93. The fourth-order valence-electron chi connectivity index (χ4n) is 3.91. The third kappa shape index (κ3) is 3.28. The zero-order valence-electron chi connectivity index (χ0n) is 15.8. The highest BCUT2D eigenvalue weighted by Gasteiger charge is 2.53. The molecule has 148 valence electrons. The Kier molecular flexibility index (Phi) is 4.52. The lowest BCUT2D eigenvalue weighted by Crippen LogP contribution is -2.51. The van der Waals surface area contributed by atoms with Gasteiger partial charge in [0.05, 0.1) is 24.4 Å². The summed E-state index contributed by atoms with van der Waals surface area (Å²) in [4.78, 5) is 35.3. The third-order valence-electron chi connectivity index (χ3n) is 5.73. The number of ether oxygens (including phenoxy) is 1. The van der Waals surface area contributed by atoms with Gasteiger partial charge < -0.3 is 15.0 Å². The summed E-state index contributed by atoms with van der Waals surface area (Å²) in [6.45, 7) is 2.18. The number of hydrogen-bond acceptors (Lipinski definition) is 6. The van der Waals surface area contributed by atoms with E-state index in [1.54, 1.807) is 29.7 Å². The molecule has 0 saturated carbocycles. The molecular formula is C21H20N4O3S. The summed E-state index contributed by atoms with van der Waals surface area (Å²) >= 11 is 1.59. The lowest BCUT2D eigenvalue weighted by atomic mass is 9.80. The van der Waals surface area contributed by atoms with Gasteiger partial charge in [-0.3, -0.25) is 9.59 Å². The number of amides is 2. The van der Waals surface area contributed by atoms with Crippen LogP contribution in [0.2, 0.25) is 0 Å². The number of thiazole rings is 1. The molecule has 0 aromatic carbocycles. The Morgan fingerprint density at radius 2 is 2.10 bits per heavy atom. The largest absolute Gasteiger partial charge is 0.378 e. The Balaban J connectivity index is 1.24. The van der Waals surface area contributed by atoms with Crippen LogP contribution < -0.4 is 5.32 Å². The molecular weight excluding hydrogens is 388 g/mol. The fourth-order valence-corrected chi connectivity index (χ4v) is 4.42. The molecule has 8 heteroatoms. The minimum absolute atomic E-state index is 0.00546. The van der Waals surface area contributed by atoms with Crippen molar-refractivity contribution >= 4 is 41.1 Å². The van der Waals surface area contributed by atoms with E-state index in [0.29, 0.717) is 32.1 Å². The summed E-state index contributed by atoms with van der Waals surface area (Å²) in [5.74, 6) is 0.532. The van der Waals surface area contributed by atoms with Crippen molar-refractivity contribution in [3.8, 4) is 0 Å². The van der Waals surface area contributed by atoms with Crippen molar-refractivity contribution in [3.05, 3.63) is 51.6 Å². The van der Waals surface area contributed by atoms with Crippen LogP contribution in [0.3, 0.4) is 0 Å². The normalized spacial score (nSPS) is 19.9. The van der Waals surface area contributed by atoms with E-state index in [4.69, 9.17) is 4.74 Å². The van der Waals surface area contributed by atoms with E-state index in [1.165, 1.54) is 5.57 Å². The lowest BCUT2D eigenvalue weighted by molar-refractivity contribution is -0.138. The average Bonchev–Trinajstić information content (AvgIpc) is 3.30. The van der Waals surface area contributed by atoms with Gasteiger partial charge in [0, 0.05) is 36.3 Å². The molecule has 1 spiro atoms. The molecule has 3 aliphatic rings. The highest BCUT2D eigenvalue weighted by Crippen LogP contribution is 2.42. The van der Waals surface area contributed by atoms with Crippen LogP contribution in [0, 0.1) is 0 Å².